The summed E-state index contributed by atoms with van der Waals surface area (Å²) in [4.78, 5) is 2.51. The summed E-state index contributed by atoms with van der Waals surface area (Å²) in [6.45, 7) is 8.09. The first-order valence-corrected chi connectivity index (χ1v) is 7.38. The van der Waals surface area contributed by atoms with Crippen LogP contribution in [0, 0.1) is 5.92 Å². The molecule has 0 atom stereocenters. The molecule has 0 saturated carbocycles. The third-order valence-electron chi connectivity index (χ3n) is 3.88. The van der Waals surface area contributed by atoms with Gasteiger partial charge in [0.15, 0.2) is 0 Å². The molecule has 0 unspecified atom stereocenters. The van der Waals surface area contributed by atoms with E-state index in [2.05, 4.69) is 48.3 Å². The van der Waals surface area contributed by atoms with E-state index in [0.717, 1.165) is 12.5 Å². The van der Waals surface area contributed by atoms with Gasteiger partial charge in [-0.3, -0.25) is 0 Å². The highest BCUT2D eigenvalue weighted by molar-refractivity contribution is 5.55. The fourth-order valence-electron chi connectivity index (χ4n) is 2.47. The van der Waals surface area contributed by atoms with Crippen LogP contribution >= 0.6 is 0 Å². The Balaban J connectivity index is 1.87. The van der Waals surface area contributed by atoms with Crippen LogP contribution in [0.25, 0.3) is 0 Å². The summed E-state index contributed by atoms with van der Waals surface area (Å²) in [5.74, 6) is 0.899. The Hall–Kier alpha value is -1.18. The first kappa shape index (κ1) is 13.3. The number of nitrogens with zero attached hydrogens (tertiary/aromatic N) is 1. The van der Waals surface area contributed by atoms with E-state index >= 15 is 0 Å². The molecule has 1 aromatic carbocycles. The van der Waals surface area contributed by atoms with Crippen LogP contribution in [-0.2, 0) is 0 Å². The van der Waals surface area contributed by atoms with Crippen molar-refractivity contribution in [1.82, 2.24) is 0 Å². The number of piperidine rings is 1. The van der Waals surface area contributed by atoms with Crippen LogP contribution in [0.3, 0.4) is 0 Å². The maximum atomic E-state index is 3.46. The van der Waals surface area contributed by atoms with Crippen molar-refractivity contribution in [3.05, 3.63) is 24.3 Å². The molecular weight excluding hydrogens is 220 g/mol. The summed E-state index contributed by atoms with van der Waals surface area (Å²) < 4.78 is 0. The van der Waals surface area contributed by atoms with E-state index in [9.17, 15) is 0 Å². The van der Waals surface area contributed by atoms with E-state index in [1.807, 2.05) is 0 Å². The van der Waals surface area contributed by atoms with Crippen LogP contribution in [0.5, 0.6) is 0 Å². The Morgan fingerprint density at radius 1 is 1.17 bits per heavy atom. The van der Waals surface area contributed by atoms with Crippen LogP contribution in [0.2, 0.25) is 0 Å². The molecule has 1 saturated heterocycles. The second-order valence-corrected chi connectivity index (χ2v) is 5.50. The molecule has 0 amide bonds. The summed E-state index contributed by atoms with van der Waals surface area (Å²) >= 11 is 0. The number of hydrogen-bond acceptors (Lipinski definition) is 2. The van der Waals surface area contributed by atoms with Crippen LogP contribution in [-0.4, -0.2) is 19.6 Å². The molecule has 1 aliphatic heterocycles. The van der Waals surface area contributed by atoms with Gasteiger partial charge in [-0.2, -0.15) is 0 Å². The largest absolute Gasteiger partial charge is 0.385 e. The van der Waals surface area contributed by atoms with Gasteiger partial charge in [-0.25, -0.2) is 0 Å². The van der Waals surface area contributed by atoms with Gasteiger partial charge in [0, 0.05) is 31.0 Å². The second kappa shape index (κ2) is 6.67. The lowest BCUT2D eigenvalue weighted by Crippen LogP contribution is -2.32. The van der Waals surface area contributed by atoms with Crippen molar-refractivity contribution in [2.24, 2.45) is 5.92 Å². The van der Waals surface area contributed by atoms with Crippen LogP contribution < -0.4 is 10.2 Å². The summed E-state index contributed by atoms with van der Waals surface area (Å²) in [5, 5.41) is 3.46. The standard InChI is InChI=1S/C16H26N2/c1-3-4-11-17-15-5-7-16(8-6-15)18-12-9-14(2)10-13-18/h5-8,14,17H,3-4,9-13H2,1-2H3. The molecule has 0 spiro atoms. The van der Waals surface area contributed by atoms with Gasteiger partial charge >= 0.3 is 0 Å². The Morgan fingerprint density at radius 2 is 1.83 bits per heavy atom. The average molecular weight is 246 g/mol. The first-order chi connectivity index (χ1) is 8.79. The number of rotatable bonds is 5. The predicted octanol–water partition coefficient (Wildman–Crippen LogP) is 4.13. The highest BCUT2D eigenvalue weighted by atomic mass is 15.1. The lowest BCUT2D eigenvalue weighted by Gasteiger charge is -2.32. The summed E-state index contributed by atoms with van der Waals surface area (Å²) in [7, 11) is 0. The zero-order chi connectivity index (χ0) is 12.8. The van der Waals surface area contributed by atoms with E-state index in [4.69, 9.17) is 0 Å². The zero-order valence-corrected chi connectivity index (χ0v) is 11.8. The molecule has 1 fully saturated rings. The molecule has 0 aromatic heterocycles. The normalized spacial score (nSPS) is 16.9. The third kappa shape index (κ3) is 3.66. The van der Waals surface area contributed by atoms with Crippen LogP contribution in [0.4, 0.5) is 11.4 Å². The van der Waals surface area contributed by atoms with Gasteiger partial charge < -0.3 is 10.2 Å². The lowest BCUT2D eigenvalue weighted by atomic mass is 9.99. The maximum absolute atomic E-state index is 3.46. The SMILES string of the molecule is CCCCNc1ccc(N2CCC(C)CC2)cc1. The quantitative estimate of drug-likeness (QED) is 0.786. The number of anilines is 2. The van der Waals surface area contributed by atoms with E-state index in [-0.39, 0.29) is 0 Å². The topological polar surface area (TPSA) is 15.3 Å². The average Bonchev–Trinajstić information content (AvgIpc) is 2.41. The van der Waals surface area contributed by atoms with Gasteiger partial charge in [-0.05, 0) is 49.4 Å². The van der Waals surface area contributed by atoms with Gasteiger partial charge in [0.2, 0.25) is 0 Å². The van der Waals surface area contributed by atoms with Gasteiger partial charge in [-0.1, -0.05) is 20.3 Å². The molecule has 0 aliphatic carbocycles. The monoisotopic (exact) mass is 246 g/mol. The summed E-state index contributed by atoms with van der Waals surface area (Å²) in [6, 6.07) is 8.93. The van der Waals surface area contributed by atoms with Crippen LogP contribution in [0.15, 0.2) is 24.3 Å². The molecule has 100 valence electrons. The van der Waals surface area contributed by atoms with E-state index in [1.165, 1.54) is 50.1 Å². The van der Waals surface area contributed by atoms with Crippen molar-refractivity contribution in [3.63, 3.8) is 0 Å². The molecule has 18 heavy (non-hydrogen) atoms. The molecule has 1 aliphatic rings. The smallest absolute Gasteiger partial charge is 0.0367 e. The van der Waals surface area contributed by atoms with Crippen molar-refractivity contribution in [1.29, 1.82) is 0 Å². The lowest BCUT2D eigenvalue weighted by molar-refractivity contribution is 0.438. The summed E-state index contributed by atoms with van der Waals surface area (Å²) in [6.07, 6.45) is 5.15. The highest BCUT2D eigenvalue weighted by Crippen LogP contribution is 2.24. The zero-order valence-electron chi connectivity index (χ0n) is 11.8. The van der Waals surface area contributed by atoms with E-state index < -0.39 is 0 Å². The second-order valence-electron chi connectivity index (χ2n) is 5.50. The molecule has 1 N–H and O–H groups in total. The number of hydrogen-bond donors (Lipinski definition) is 1. The number of benzene rings is 1. The van der Waals surface area contributed by atoms with Crippen LogP contribution in [0.1, 0.15) is 39.5 Å². The number of nitrogens with one attached hydrogen (secondary N) is 1. The van der Waals surface area contributed by atoms with Crippen molar-refractivity contribution in [2.75, 3.05) is 29.9 Å². The number of unbranched alkanes of at least 4 members (excludes halogenated alkanes) is 1. The van der Waals surface area contributed by atoms with Crippen molar-refractivity contribution >= 4 is 11.4 Å². The molecule has 0 bridgehead atoms. The fourth-order valence-corrected chi connectivity index (χ4v) is 2.47. The first-order valence-electron chi connectivity index (χ1n) is 7.38. The molecule has 2 heteroatoms. The van der Waals surface area contributed by atoms with Gasteiger partial charge in [0.25, 0.3) is 0 Å². The maximum Gasteiger partial charge on any atom is 0.0367 e. The van der Waals surface area contributed by atoms with Gasteiger partial charge in [0.05, 0.1) is 0 Å². The predicted molar refractivity (Wildman–Crippen MR) is 80.5 cm³/mol. The minimum Gasteiger partial charge on any atom is -0.385 e. The molecule has 2 nitrogen and oxygen atoms in total. The van der Waals surface area contributed by atoms with Gasteiger partial charge in [-0.15, -0.1) is 0 Å². The molecule has 1 aromatic rings. The Kier molecular flexibility index (Phi) is 4.91. The Labute approximate surface area is 111 Å². The van der Waals surface area contributed by atoms with E-state index in [0.29, 0.717) is 0 Å². The van der Waals surface area contributed by atoms with Crippen molar-refractivity contribution < 1.29 is 0 Å². The Morgan fingerprint density at radius 3 is 2.44 bits per heavy atom. The molecule has 0 radical (unpaired) electrons. The fraction of sp³-hybridized carbons (Fsp3) is 0.625. The molecule has 1 heterocycles. The van der Waals surface area contributed by atoms with Crippen molar-refractivity contribution in [2.45, 2.75) is 39.5 Å². The van der Waals surface area contributed by atoms with Crippen molar-refractivity contribution in [3.8, 4) is 0 Å². The minimum absolute atomic E-state index is 0.899. The molecular formula is C16H26N2. The summed E-state index contributed by atoms with van der Waals surface area (Å²) in [5.41, 5.74) is 2.63. The van der Waals surface area contributed by atoms with Gasteiger partial charge in [0.1, 0.15) is 0 Å². The third-order valence-corrected chi connectivity index (χ3v) is 3.88. The highest BCUT2D eigenvalue weighted by Gasteiger charge is 2.15. The Bertz CT molecular complexity index is 337. The molecule has 2 rings (SSSR count). The van der Waals surface area contributed by atoms with E-state index in [1.54, 1.807) is 0 Å². The minimum atomic E-state index is 0.899.